The average Bonchev–Trinajstić information content (AvgIpc) is 2.86. The topological polar surface area (TPSA) is 117 Å². The summed E-state index contributed by atoms with van der Waals surface area (Å²) < 4.78 is 13.2. The molecule has 3 heterocycles. The average molecular weight is 480 g/mol. The molecule has 1 saturated heterocycles. The lowest BCUT2D eigenvalue weighted by Gasteiger charge is -2.32. The summed E-state index contributed by atoms with van der Waals surface area (Å²) in [4.78, 5) is 36.8. The maximum absolute atomic E-state index is 13.2. The van der Waals surface area contributed by atoms with Crippen LogP contribution in [0, 0.1) is 15.9 Å². The molecule has 2 aromatic heterocycles. The van der Waals surface area contributed by atoms with Gasteiger partial charge < -0.3 is 15.5 Å². The number of nitro groups is 1. The molecule has 4 rings (SSSR count). The van der Waals surface area contributed by atoms with Gasteiger partial charge in [-0.1, -0.05) is 0 Å². The van der Waals surface area contributed by atoms with Crippen LogP contribution in [0.25, 0.3) is 11.3 Å². The molecule has 0 radical (unpaired) electrons. The number of carbonyl (C=O) groups excluding carboxylic acids is 1. The van der Waals surface area contributed by atoms with Gasteiger partial charge in [0.2, 0.25) is 5.82 Å². The number of hydrogen-bond acceptors (Lipinski definition) is 8. The zero-order valence-corrected chi connectivity index (χ0v) is 19.3. The molecular weight excluding hydrogens is 453 g/mol. The van der Waals surface area contributed by atoms with Gasteiger partial charge in [-0.3, -0.25) is 19.8 Å². The number of hydrogen-bond donors (Lipinski definition) is 2. The Kier molecular flexibility index (Phi) is 7.58. The number of aromatic nitrogens is 2. The Morgan fingerprint density at radius 1 is 1.09 bits per heavy atom. The molecule has 0 saturated carbocycles. The normalized spacial score (nSPS) is 14.5. The van der Waals surface area contributed by atoms with Gasteiger partial charge in [0.25, 0.3) is 5.91 Å². The second-order valence-electron chi connectivity index (χ2n) is 8.29. The fourth-order valence-electron chi connectivity index (χ4n) is 3.70. The third-order valence-electron chi connectivity index (χ3n) is 5.80. The van der Waals surface area contributed by atoms with E-state index in [4.69, 9.17) is 0 Å². The van der Waals surface area contributed by atoms with Gasteiger partial charge in [0.15, 0.2) is 0 Å². The quantitative estimate of drug-likeness (QED) is 0.374. The number of carbonyl (C=O) groups is 1. The molecule has 0 bridgehead atoms. The molecule has 182 valence electrons. The van der Waals surface area contributed by atoms with Crippen LogP contribution in [0.2, 0.25) is 0 Å². The summed E-state index contributed by atoms with van der Waals surface area (Å²) in [6.07, 6.45) is 1.41. The second-order valence-corrected chi connectivity index (χ2v) is 8.29. The van der Waals surface area contributed by atoms with Gasteiger partial charge in [-0.25, -0.2) is 14.4 Å². The highest BCUT2D eigenvalue weighted by molar-refractivity contribution is 6.04. The molecule has 1 amide bonds. The number of pyridine rings is 2. The SMILES string of the molecule is CN1CCN(CCNc2ccc(C(=O)Nc3nc(-c4ccc(F)cc4)ccc3[N+](=O)[O-])cn2)CC1. The van der Waals surface area contributed by atoms with Crippen molar-refractivity contribution < 1.29 is 14.1 Å². The van der Waals surface area contributed by atoms with E-state index in [1.807, 2.05) is 0 Å². The Hall–Kier alpha value is -3.96. The number of halogens is 1. The molecule has 1 aliphatic heterocycles. The summed E-state index contributed by atoms with van der Waals surface area (Å²) >= 11 is 0. The fraction of sp³-hybridized carbons (Fsp3) is 0.292. The number of likely N-dealkylation sites (N-methyl/N-ethyl adjacent to an activating group) is 1. The zero-order valence-electron chi connectivity index (χ0n) is 19.3. The molecule has 10 nitrogen and oxygen atoms in total. The molecule has 35 heavy (non-hydrogen) atoms. The maximum Gasteiger partial charge on any atom is 0.311 e. The predicted molar refractivity (Wildman–Crippen MR) is 131 cm³/mol. The number of nitrogens with one attached hydrogen (secondary N) is 2. The molecule has 11 heteroatoms. The predicted octanol–water partition coefficient (Wildman–Crippen LogP) is 3.10. The van der Waals surface area contributed by atoms with E-state index in [-0.39, 0.29) is 17.1 Å². The molecule has 3 aromatic rings. The van der Waals surface area contributed by atoms with Crippen molar-refractivity contribution in [2.24, 2.45) is 0 Å². The molecular formula is C24H26FN7O3. The number of benzene rings is 1. The van der Waals surface area contributed by atoms with Gasteiger partial charge in [0, 0.05) is 57.1 Å². The van der Waals surface area contributed by atoms with E-state index in [0.717, 1.165) is 39.3 Å². The number of nitrogens with zero attached hydrogens (tertiary/aromatic N) is 5. The third kappa shape index (κ3) is 6.34. The Bertz CT molecular complexity index is 1180. The van der Waals surface area contributed by atoms with E-state index in [1.54, 1.807) is 12.1 Å². The fourth-order valence-corrected chi connectivity index (χ4v) is 3.70. The van der Waals surface area contributed by atoms with E-state index < -0.39 is 16.6 Å². The third-order valence-corrected chi connectivity index (χ3v) is 5.80. The van der Waals surface area contributed by atoms with E-state index in [2.05, 4.69) is 37.4 Å². The molecule has 1 aliphatic rings. The van der Waals surface area contributed by atoms with Crippen molar-refractivity contribution in [2.45, 2.75) is 0 Å². The van der Waals surface area contributed by atoms with Crippen LogP contribution in [0.3, 0.4) is 0 Å². The van der Waals surface area contributed by atoms with Gasteiger partial charge in [-0.15, -0.1) is 0 Å². The minimum absolute atomic E-state index is 0.198. The molecule has 1 aromatic carbocycles. The van der Waals surface area contributed by atoms with Crippen LogP contribution < -0.4 is 10.6 Å². The number of anilines is 2. The van der Waals surface area contributed by atoms with Crippen molar-refractivity contribution in [3.05, 3.63) is 76.2 Å². The standard InChI is InChI=1S/C24H26FN7O3/c1-30-12-14-31(15-13-30)11-10-26-22-9-4-18(16-27-22)24(33)29-23-21(32(34)35)8-7-20(28-23)17-2-5-19(25)6-3-17/h2-9,16H,10-15H2,1H3,(H,26,27)(H,28,29,33). The molecule has 0 spiro atoms. The molecule has 0 aliphatic carbocycles. The van der Waals surface area contributed by atoms with Crippen molar-refractivity contribution >= 4 is 23.2 Å². The molecule has 2 N–H and O–H groups in total. The van der Waals surface area contributed by atoms with Crippen molar-refractivity contribution in [1.29, 1.82) is 0 Å². The number of rotatable bonds is 8. The largest absolute Gasteiger partial charge is 0.369 e. The summed E-state index contributed by atoms with van der Waals surface area (Å²) in [6, 6.07) is 11.5. The second kappa shape index (κ2) is 11.0. The van der Waals surface area contributed by atoms with Crippen molar-refractivity contribution in [2.75, 3.05) is 56.9 Å². The zero-order chi connectivity index (χ0) is 24.8. The highest BCUT2D eigenvalue weighted by Crippen LogP contribution is 2.27. The lowest BCUT2D eigenvalue weighted by Crippen LogP contribution is -2.45. The first-order valence-electron chi connectivity index (χ1n) is 11.2. The lowest BCUT2D eigenvalue weighted by molar-refractivity contribution is -0.384. The minimum Gasteiger partial charge on any atom is -0.369 e. The first-order chi connectivity index (χ1) is 16.9. The van der Waals surface area contributed by atoms with Crippen molar-refractivity contribution in [1.82, 2.24) is 19.8 Å². The van der Waals surface area contributed by atoms with Crippen molar-refractivity contribution in [3.8, 4) is 11.3 Å². The summed E-state index contributed by atoms with van der Waals surface area (Å²) in [7, 11) is 2.12. The summed E-state index contributed by atoms with van der Waals surface area (Å²) in [5.74, 6) is -0.545. The highest BCUT2D eigenvalue weighted by Gasteiger charge is 2.20. The van der Waals surface area contributed by atoms with Crippen molar-refractivity contribution in [3.63, 3.8) is 0 Å². The maximum atomic E-state index is 13.2. The lowest BCUT2D eigenvalue weighted by atomic mass is 10.1. The van der Waals surface area contributed by atoms with Gasteiger partial charge in [-0.2, -0.15) is 0 Å². The van der Waals surface area contributed by atoms with E-state index in [9.17, 15) is 19.3 Å². The monoisotopic (exact) mass is 479 g/mol. The number of amides is 1. The van der Waals surface area contributed by atoms with Gasteiger partial charge in [0.1, 0.15) is 11.6 Å². The van der Waals surface area contributed by atoms with Crippen LogP contribution in [-0.4, -0.2) is 76.9 Å². The molecule has 1 fully saturated rings. The number of piperazine rings is 1. The Morgan fingerprint density at radius 2 is 1.83 bits per heavy atom. The van der Waals surface area contributed by atoms with E-state index in [0.29, 0.717) is 17.1 Å². The van der Waals surface area contributed by atoms with Crippen LogP contribution in [0.5, 0.6) is 0 Å². The molecule has 0 unspecified atom stereocenters. The van der Waals surface area contributed by atoms with Crippen LogP contribution >= 0.6 is 0 Å². The summed E-state index contributed by atoms with van der Waals surface area (Å²) in [6.45, 7) is 5.82. The Morgan fingerprint density at radius 3 is 2.49 bits per heavy atom. The van der Waals surface area contributed by atoms with E-state index in [1.165, 1.54) is 42.6 Å². The Labute approximate surface area is 201 Å². The van der Waals surface area contributed by atoms with Crippen LogP contribution in [0.1, 0.15) is 10.4 Å². The van der Waals surface area contributed by atoms with E-state index >= 15 is 0 Å². The van der Waals surface area contributed by atoms with Crippen LogP contribution in [0.15, 0.2) is 54.7 Å². The van der Waals surface area contributed by atoms with Gasteiger partial charge >= 0.3 is 5.69 Å². The highest BCUT2D eigenvalue weighted by atomic mass is 19.1. The van der Waals surface area contributed by atoms with Crippen LogP contribution in [-0.2, 0) is 0 Å². The first kappa shape index (κ1) is 24.2. The van der Waals surface area contributed by atoms with Crippen LogP contribution in [0.4, 0.5) is 21.7 Å². The van der Waals surface area contributed by atoms with Gasteiger partial charge in [-0.05, 0) is 49.5 Å². The summed E-state index contributed by atoms with van der Waals surface area (Å²) in [5, 5.41) is 17.2. The smallest absolute Gasteiger partial charge is 0.311 e. The Balaban J connectivity index is 1.40. The summed E-state index contributed by atoms with van der Waals surface area (Å²) in [5.41, 5.74) is 0.812. The minimum atomic E-state index is -0.622. The molecule has 0 atom stereocenters. The first-order valence-corrected chi connectivity index (χ1v) is 11.2. The van der Waals surface area contributed by atoms with Gasteiger partial charge in [0.05, 0.1) is 16.2 Å².